The zero-order chi connectivity index (χ0) is 16.9. The molecule has 3 rings (SSSR count). The quantitative estimate of drug-likeness (QED) is 0.916. The van der Waals surface area contributed by atoms with E-state index >= 15 is 0 Å². The fraction of sp³-hybridized carbons (Fsp3) is 0.263. The maximum atomic E-state index is 12.2. The number of anilines is 1. The first-order valence-corrected chi connectivity index (χ1v) is 7.98. The molecule has 1 N–H and O–H groups in total. The number of nitrogens with one attached hydrogen (secondary N) is 1. The van der Waals surface area contributed by atoms with Crippen molar-refractivity contribution < 1.29 is 14.3 Å². The zero-order valence-electron chi connectivity index (χ0n) is 13.6. The second-order valence-electron chi connectivity index (χ2n) is 5.83. The van der Waals surface area contributed by atoms with Gasteiger partial charge in [-0.05, 0) is 36.6 Å². The summed E-state index contributed by atoms with van der Waals surface area (Å²) in [4.78, 5) is 25.8. The summed E-state index contributed by atoms with van der Waals surface area (Å²) in [6, 6.07) is 15.6. The molecule has 1 heterocycles. The molecule has 24 heavy (non-hydrogen) atoms. The van der Waals surface area contributed by atoms with Crippen molar-refractivity contribution in [2.24, 2.45) is 0 Å². The highest BCUT2D eigenvalue weighted by Gasteiger charge is 2.27. The Balaban J connectivity index is 1.60. The third kappa shape index (κ3) is 3.74. The van der Waals surface area contributed by atoms with Gasteiger partial charge in [-0.2, -0.15) is 0 Å². The van der Waals surface area contributed by atoms with Crippen LogP contribution in [0.15, 0.2) is 48.5 Å². The molecule has 2 amide bonds. The molecule has 1 aliphatic heterocycles. The Kier molecular flexibility index (Phi) is 4.79. The van der Waals surface area contributed by atoms with Crippen LogP contribution in [0, 0.1) is 6.92 Å². The maximum Gasteiger partial charge on any atom is 0.265 e. The van der Waals surface area contributed by atoms with E-state index in [9.17, 15) is 9.59 Å². The average molecular weight is 324 g/mol. The molecule has 1 aliphatic rings. The molecule has 0 saturated carbocycles. The monoisotopic (exact) mass is 324 g/mol. The van der Waals surface area contributed by atoms with Crippen molar-refractivity contribution in [2.45, 2.75) is 13.3 Å². The zero-order valence-corrected chi connectivity index (χ0v) is 13.6. The highest BCUT2D eigenvalue weighted by atomic mass is 16.5. The Morgan fingerprint density at radius 2 is 2.00 bits per heavy atom. The fourth-order valence-corrected chi connectivity index (χ4v) is 2.68. The van der Waals surface area contributed by atoms with Gasteiger partial charge >= 0.3 is 0 Å². The number of rotatable bonds is 5. The van der Waals surface area contributed by atoms with Crippen molar-refractivity contribution in [2.75, 3.05) is 24.6 Å². The van der Waals surface area contributed by atoms with E-state index in [0.717, 1.165) is 12.0 Å². The van der Waals surface area contributed by atoms with Crippen molar-refractivity contribution in [1.82, 2.24) is 5.32 Å². The SMILES string of the molecule is Cc1ccc2c(c1)N(CC(=O)NCCc1ccccc1)C(=O)CO2. The molecule has 124 valence electrons. The number of carbonyl (C=O) groups excluding carboxylic acids is 2. The summed E-state index contributed by atoms with van der Waals surface area (Å²) in [6.07, 6.45) is 0.763. The van der Waals surface area contributed by atoms with Crippen LogP contribution in [0.3, 0.4) is 0 Å². The minimum absolute atomic E-state index is 0.00738. The standard InChI is InChI=1S/C19H20N2O3/c1-14-7-8-17-16(11-14)21(19(23)13-24-17)12-18(22)20-10-9-15-5-3-2-4-6-15/h2-8,11H,9-10,12-13H2,1H3,(H,20,22). The van der Waals surface area contributed by atoms with E-state index in [1.165, 1.54) is 10.5 Å². The molecule has 0 aromatic heterocycles. The maximum absolute atomic E-state index is 12.2. The van der Waals surface area contributed by atoms with Gasteiger partial charge in [-0.25, -0.2) is 0 Å². The smallest absolute Gasteiger partial charge is 0.265 e. The van der Waals surface area contributed by atoms with Crippen molar-refractivity contribution in [3.05, 3.63) is 59.7 Å². The summed E-state index contributed by atoms with van der Waals surface area (Å²) in [6.45, 7) is 2.46. The molecule has 0 unspecified atom stereocenters. The average Bonchev–Trinajstić information content (AvgIpc) is 2.58. The number of hydrogen-bond donors (Lipinski definition) is 1. The summed E-state index contributed by atoms with van der Waals surface area (Å²) in [7, 11) is 0. The molecular weight excluding hydrogens is 304 g/mol. The van der Waals surface area contributed by atoms with Gasteiger partial charge in [0.1, 0.15) is 12.3 Å². The van der Waals surface area contributed by atoms with Gasteiger partial charge in [0.2, 0.25) is 5.91 Å². The van der Waals surface area contributed by atoms with Crippen LogP contribution in [-0.4, -0.2) is 31.5 Å². The molecule has 5 heteroatoms. The van der Waals surface area contributed by atoms with E-state index in [-0.39, 0.29) is 25.0 Å². The molecule has 0 aliphatic carbocycles. The van der Waals surface area contributed by atoms with Gasteiger partial charge in [-0.15, -0.1) is 0 Å². The Morgan fingerprint density at radius 1 is 1.21 bits per heavy atom. The predicted molar refractivity (Wildman–Crippen MR) is 92.2 cm³/mol. The van der Waals surface area contributed by atoms with Crippen LogP contribution in [-0.2, 0) is 16.0 Å². The van der Waals surface area contributed by atoms with Crippen molar-refractivity contribution in [3.8, 4) is 5.75 Å². The van der Waals surface area contributed by atoms with Gasteiger partial charge in [0.15, 0.2) is 6.61 Å². The van der Waals surface area contributed by atoms with E-state index < -0.39 is 0 Å². The fourth-order valence-electron chi connectivity index (χ4n) is 2.68. The number of amides is 2. The number of fused-ring (bicyclic) bond motifs is 1. The third-order valence-electron chi connectivity index (χ3n) is 3.94. The first kappa shape index (κ1) is 16.1. The molecule has 0 atom stereocenters. The van der Waals surface area contributed by atoms with Crippen molar-refractivity contribution >= 4 is 17.5 Å². The lowest BCUT2D eigenvalue weighted by Gasteiger charge is -2.29. The number of hydrogen-bond acceptors (Lipinski definition) is 3. The molecule has 5 nitrogen and oxygen atoms in total. The van der Waals surface area contributed by atoms with Crippen LogP contribution in [0.25, 0.3) is 0 Å². The Morgan fingerprint density at radius 3 is 2.79 bits per heavy atom. The molecule has 0 saturated heterocycles. The second kappa shape index (κ2) is 7.17. The first-order valence-electron chi connectivity index (χ1n) is 7.98. The van der Waals surface area contributed by atoms with Crippen molar-refractivity contribution in [3.63, 3.8) is 0 Å². The number of aryl methyl sites for hydroxylation is 1. The highest BCUT2D eigenvalue weighted by Crippen LogP contribution is 2.32. The van der Waals surface area contributed by atoms with Gasteiger partial charge < -0.3 is 10.1 Å². The minimum Gasteiger partial charge on any atom is -0.482 e. The summed E-state index contributed by atoms with van der Waals surface area (Å²) >= 11 is 0. The molecule has 2 aromatic rings. The van der Waals surface area contributed by atoms with E-state index in [0.29, 0.717) is 18.0 Å². The Bertz CT molecular complexity index is 744. The van der Waals surface area contributed by atoms with E-state index in [1.54, 1.807) is 0 Å². The van der Waals surface area contributed by atoms with Gasteiger partial charge in [0.05, 0.1) is 5.69 Å². The van der Waals surface area contributed by atoms with E-state index in [1.807, 2.05) is 55.5 Å². The van der Waals surface area contributed by atoms with E-state index in [2.05, 4.69) is 5.32 Å². The van der Waals surface area contributed by atoms with Gasteiger partial charge in [-0.1, -0.05) is 36.4 Å². The number of carbonyl (C=O) groups is 2. The Hall–Kier alpha value is -2.82. The number of nitrogens with zero attached hydrogens (tertiary/aromatic N) is 1. The lowest BCUT2D eigenvalue weighted by atomic mass is 10.1. The van der Waals surface area contributed by atoms with Crippen LogP contribution in [0.5, 0.6) is 5.75 Å². The van der Waals surface area contributed by atoms with Gasteiger partial charge in [-0.3, -0.25) is 14.5 Å². The summed E-state index contributed by atoms with van der Waals surface area (Å²) in [5.74, 6) is 0.261. The molecular formula is C19H20N2O3. The summed E-state index contributed by atoms with van der Waals surface area (Å²) < 4.78 is 5.42. The molecule has 2 aromatic carbocycles. The van der Waals surface area contributed by atoms with Crippen LogP contribution >= 0.6 is 0 Å². The van der Waals surface area contributed by atoms with Crippen LogP contribution in [0.1, 0.15) is 11.1 Å². The van der Waals surface area contributed by atoms with Crippen molar-refractivity contribution in [1.29, 1.82) is 0 Å². The molecule has 0 bridgehead atoms. The largest absolute Gasteiger partial charge is 0.482 e. The second-order valence-corrected chi connectivity index (χ2v) is 5.83. The first-order chi connectivity index (χ1) is 11.6. The highest BCUT2D eigenvalue weighted by molar-refractivity contribution is 6.02. The summed E-state index contributed by atoms with van der Waals surface area (Å²) in [5, 5.41) is 2.87. The van der Waals surface area contributed by atoms with Gasteiger partial charge in [0, 0.05) is 6.54 Å². The van der Waals surface area contributed by atoms with E-state index in [4.69, 9.17) is 4.74 Å². The van der Waals surface area contributed by atoms with Crippen LogP contribution in [0.2, 0.25) is 0 Å². The Labute approximate surface area is 141 Å². The third-order valence-corrected chi connectivity index (χ3v) is 3.94. The number of benzene rings is 2. The summed E-state index contributed by atoms with van der Waals surface area (Å²) in [5.41, 5.74) is 2.84. The molecule has 0 fully saturated rings. The lowest BCUT2D eigenvalue weighted by Crippen LogP contribution is -2.45. The van der Waals surface area contributed by atoms with Crippen LogP contribution in [0.4, 0.5) is 5.69 Å². The van der Waals surface area contributed by atoms with Crippen LogP contribution < -0.4 is 15.0 Å². The predicted octanol–water partition coefficient (Wildman–Crippen LogP) is 2.08. The minimum atomic E-state index is -0.202. The normalized spacial score (nSPS) is 13.2. The molecule has 0 spiro atoms. The molecule has 0 radical (unpaired) electrons. The van der Waals surface area contributed by atoms with Gasteiger partial charge in [0.25, 0.3) is 5.91 Å². The topological polar surface area (TPSA) is 58.6 Å². The number of ether oxygens (including phenoxy) is 1. The lowest BCUT2D eigenvalue weighted by molar-refractivity contribution is -0.125.